The smallest absolute Gasteiger partial charge is 0.306 e. The summed E-state index contributed by atoms with van der Waals surface area (Å²) >= 11 is 7.08. The maximum absolute atomic E-state index is 11.9. The van der Waals surface area contributed by atoms with Crippen LogP contribution in [0.15, 0.2) is 85.2 Å². The molecule has 0 amide bonds. The molecule has 0 radical (unpaired) electrons. The van der Waals surface area contributed by atoms with Crippen LogP contribution in [0.25, 0.3) is 22.5 Å². The molecule has 0 spiro atoms. The highest BCUT2D eigenvalue weighted by atomic mass is 35.5. The van der Waals surface area contributed by atoms with E-state index in [1.165, 1.54) is 22.3 Å². The van der Waals surface area contributed by atoms with Crippen molar-refractivity contribution in [1.29, 1.82) is 5.26 Å². The van der Waals surface area contributed by atoms with E-state index in [2.05, 4.69) is 82.7 Å². The summed E-state index contributed by atoms with van der Waals surface area (Å²) in [5, 5.41) is 10.7. The molecule has 6 rings (SSSR count). The number of nitriles is 1. The quantitative estimate of drug-likeness (QED) is 0.108. The van der Waals surface area contributed by atoms with E-state index in [1.54, 1.807) is 13.1 Å². The molecular formula is C42H42ClN5O2. The number of aromatic nitrogens is 3. The highest BCUT2D eigenvalue weighted by Gasteiger charge is 2.24. The predicted octanol–water partition coefficient (Wildman–Crippen LogP) is 8.66. The second-order valence-corrected chi connectivity index (χ2v) is 13.2. The molecule has 0 bridgehead atoms. The Morgan fingerprint density at radius 1 is 0.900 bits per heavy atom. The number of carbonyl (C=O) groups is 1. The highest BCUT2D eigenvalue weighted by Crippen LogP contribution is 2.38. The van der Waals surface area contributed by atoms with Gasteiger partial charge in [-0.1, -0.05) is 72.3 Å². The summed E-state index contributed by atoms with van der Waals surface area (Å²) in [6, 6.07) is 27.5. The van der Waals surface area contributed by atoms with Crippen LogP contribution in [0.5, 0.6) is 0 Å². The Balaban J connectivity index is 1.23. The van der Waals surface area contributed by atoms with Crippen LogP contribution in [0.4, 0.5) is 0 Å². The molecule has 0 N–H and O–H groups in total. The molecule has 0 unspecified atom stereocenters. The molecule has 0 fully saturated rings. The summed E-state index contributed by atoms with van der Waals surface area (Å²) in [4.78, 5) is 28.9. The number of rotatable bonds is 14. The normalized spacial score (nSPS) is 12.1. The molecule has 8 heteroatoms. The highest BCUT2D eigenvalue weighted by molar-refractivity contribution is 6.32. The fourth-order valence-corrected chi connectivity index (χ4v) is 7.17. The fourth-order valence-electron chi connectivity index (χ4n) is 6.82. The molecule has 0 saturated heterocycles. The van der Waals surface area contributed by atoms with Gasteiger partial charge in [-0.15, -0.1) is 0 Å². The number of hydrogen-bond donors (Lipinski definition) is 0. The van der Waals surface area contributed by atoms with Crippen LogP contribution in [0.2, 0.25) is 5.02 Å². The number of fused-ring (bicyclic) bond motifs is 1. The van der Waals surface area contributed by atoms with E-state index in [-0.39, 0.29) is 12.4 Å². The molecule has 3 aromatic heterocycles. The van der Waals surface area contributed by atoms with Crippen molar-refractivity contribution in [1.82, 2.24) is 19.9 Å². The van der Waals surface area contributed by atoms with Gasteiger partial charge in [0.25, 0.3) is 0 Å². The van der Waals surface area contributed by atoms with Crippen LogP contribution in [0.1, 0.15) is 71.0 Å². The molecule has 50 heavy (non-hydrogen) atoms. The van der Waals surface area contributed by atoms with E-state index >= 15 is 0 Å². The zero-order valence-corrected chi connectivity index (χ0v) is 29.5. The molecule has 7 nitrogen and oxygen atoms in total. The van der Waals surface area contributed by atoms with E-state index < -0.39 is 0 Å². The first kappa shape index (κ1) is 34.9. The predicted molar refractivity (Wildman–Crippen MR) is 197 cm³/mol. The lowest BCUT2D eigenvalue weighted by atomic mass is 9.97. The summed E-state index contributed by atoms with van der Waals surface area (Å²) in [5.74, 6) is -0.254. The summed E-state index contributed by atoms with van der Waals surface area (Å²) in [5.41, 5.74) is 11.3. The van der Waals surface area contributed by atoms with Gasteiger partial charge in [-0.2, -0.15) is 5.26 Å². The molecule has 5 aromatic rings. The summed E-state index contributed by atoms with van der Waals surface area (Å²) in [6.45, 7) is 6.81. The van der Waals surface area contributed by atoms with Crippen molar-refractivity contribution in [3.8, 4) is 28.6 Å². The van der Waals surface area contributed by atoms with E-state index in [4.69, 9.17) is 26.3 Å². The largest absolute Gasteiger partial charge is 0.466 e. The maximum Gasteiger partial charge on any atom is 0.306 e. The number of halogens is 1. The lowest BCUT2D eigenvalue weighted by Gasteiger charge is -2.23. The Kier molecular flexibility index (Phi) is 11.7. The second kappa shape index (κ2) is 16.7. The summed E-state index contributed by atoms with van der Waals surface area (Å²) in [7, 11) is 0. The van der Waals surface area contributed by atoms with Crippen LogP contribution in [-0.2, 0) is 48.3 Å². The topological polar surface area (TPSA) is 92.0 Å². The third-order valence-corrected chi connectivity index (χ3v) is 9.68. The van der Waals surface area contributed by atoms with Crippen molar-refractivity contribution in [3.05, 3.63) is 135 Å². The van der Waals surface area contributed by atoms with Crippen LogP contribution in [0, 0.1) is 18.3 Å². The standard InChI is InChI=1S/C42H42ClN5O2/c1-3-50-39(49)20-19-32-23-36(38(24-44)45-25-32)41-29(2)22-33(26-46-41)42-35-17-10-16-34(35)40(43)37(47-42)18-11-21-48(27-30-12-6-4-7-13-30)28-31-14-8-5-9-15-31/h4-9,12-15,22-23,25-26H,3,10-11,16-21,27-28H2,1-2H3. The number of esters is 1. The third-order valence-electron chi connectivity index (χ3n) is 9.23. The molecule has 254 valence electrons. The van der Waals surface area contributed by atoms with E-state index in [0.29, 0.717) is 30.0 Å². The average Bonchev–Trinajstić information content (AvgIpc) is 3.63. The Bertz CT molecular complexity index is 1950. The monoisotopic (exact) mass is 683 g/mol. The lowest BCUT2D eigenvalue weighted by Crippen LogP contribution is -2.24. The van der Waals surface area contributed by atoms with Crippen LogP contribution >= 0.6 is 11.6 Å². The molecule has 0 aliphatic heterocycles. The molecular weight excluding hydrogens is 642 g/mol. The molecule has 3 heterocycles. The number of carbonyl (C=O) groups excluding carboxylic acids is 1. The maximum atomic E-state index is 11.9. The minimum Gasteiger partial charge on any atom is -0.466 e. The van der Waals surface area contributed by atoms with Gasteiger partial charge in [0.2, 0.25) is 0 Å². The van der Waals surface area contributed by atoms with Crippen molar-refractivity contribution in [2.24, 2.45) is 0 Å². The van der Waals surface area contributed by atoms with Gasteiger partial charge in [-0.3, -0.25) is 19.7 Å². The van der Waals surface area contributed by atoms with E-state index in [0.717, 1.165) is 84.8 Å². The van der Waals surface area contributed by atoms with Crippen molar-refractivity contribution in [2.75, 3.05) is 13.2 Å². The van der Waals surface area contributed by atoms with Gasteiger partial charge in [0.15, 0.2) is 0 Å². The molecule has 1 aliphatic rings. The van der Waals surface area contributed by atoms with Gasteiger partial charge in [0.1, 0.15) is 11.8 Å². The van der Waals surface area contributed by atoms with Crippen molar-refractivity contribution in [3.63, 3.8) is 0 Å². The van der Waals surface area contributed by atoms with Gasteiger partial charge in [0, 0.05) is 43.0 Å². The van der Waals surface area contributed by atoms with Gasteiger partial charge >= 0.3 is 5.97 Å². The second-order valence-electron chi connectivity index (χ2n) is 12.9. The number of aryl methyl sites for hydroxylation is 3. The number of benzene rings is 2. The lowest BCUT2D eigenvalue weighted by molar-refractivity contribution is -0.143. The zero-order valence-electron chi connectivity index (χ0n) is 28.8. The molecule has 0 atom stereocenters. The number of hydrogen-bond acceptors (Lipinski definition) is 7. The zero-order chi connectivity index (χ0) is 34.9. The minimum absolute atomic E-state index is 0.250. The Morgan fingerprint density at radius 2 is 1.60 bits per heavy atom. The first-order valence-corrected chi connectivity index (χ1v) is 17.8. The van der Waals surface area contributed by atoms with Gasteiger partial charge < -0.3 is 4.74 Å². The molecule has 1 aliphatic carbocycles. The summed E-state index contributed by atoms with van der Waals surface area (Å²) in [6.07, 6.45) is 8.87. The van der Waals surface area contributed by atoms with Crippen LogP contribution in [-0.4, -0.2) is 39.0 Å². The van der Waals surface area contributed by atoms with Crippen molar-refractivity contribution >= 4 is 17.6 Å². The fraction of sp³-hybridized carbons (Fsp3) is 0.310. The first-order valence-electron chi connectivity index (χ1n) is 17.5. The third kappa shape index (κ3) is 8.45. The molecule has 0 saturated carbocycles. The van der Waals surface area contributed by atoms with Crippen molar-refractivity contribution in [2.45, 2.75) is 71.9 Å². The van der Waals surface area contributed by atoms with Gasteiger partial charge in [0.05, 0.1) is 28.7 Å². The average molecular weight is 684 g/mol. The van der Waals surface area contributed by atoms with Gasteiger partial charge in [-0.05, 0) is 104 Å². The SMILES string of the molecule is CCOC(=O)CCc1cnc(C#N)c(-c2ncc(-c3nc(CCCN(Cc4ccccc4)Cc4ccccc4)c(Cl)c4c3CCC4)cc2C)c1. The van der Waals surface area contributed by atoms with E-state index in [9.17, 15) is 10.1 Å². The van der Waals surface area contributed by atoms with Gasteiger partial charge in [-0.25, -0.2) is 4.98 Å². The number of pyridine rings is 3. The molecule has 2 aromatic carbocycles. The van der Waals surface area contributed by atoms with Crippen LogP contribution in [0.3, 0.4) is 0 Å². The van der Waals surface area contributed by atoms with Crippen LogP contribution < -0.4 is 0 Å². The number of ether oxygens (including phenoxy) is 1. The Hall–Kier alpha value is -4.90. The Labute approximate surface area is 300 Å². The van der Waals surface area contributed by atoms with E-state index in [1.807, 2.05) is 19.2 Å². The first-order chi connectivity index (χ1) is 24.4. The Morgan fingerprint density at radius 3 is 2.26 bits per heavy atom. The summed E-state index contributed by atoms with van der Waals surface area (Å²) < 4.78 is 5.08. The number of nitrogens with zero attached hydrogens (tertiary/aromatic N) is 5. The minimum atomic E-state index is -0.254. The van der Waals surface area contributed by atoms with Crippen molar-refractivity contribution < 1.29 is 9.53 Å².